The van der Waals surface area contributed by atoms with Crippen LogP contribution in [0.4, 0.5) is 0 Å². The summed E-state index contributed by atoms with van der Waals surface area (Å²) in [4.78, 5) is 18.4. The molecule has 35 heavy (non-hydrogen) atoms. The maximum absolute atomic E-state index is 13.9. The van der Waals surface area contributed by atoms with Gasteiger partial charge in [-0.15, -0.1) is 0 Å². The fourth-order valence-corrected chi connectivity index (χ4v) is 5.96. The molecule has 0 bridgehead atoms. The summed E-state index contributed by atoms with van der Waals surface area (Å²) in [6.45, 7) is 6.25. The van der Waals surface area contributed by atoms with Crippen LogP contribution in [0.15, 0.2) is 83.9 Å². The number of imidazole rings is 1. The number of aromatic nitrogens is 2. The van der Waals surface area contributed by atoms with Crippen LogP contribution in [0.5, 0.6) is 0 Å². The molecule has 0 N–H and O–H groups in total. The van der Waals surface area contributed by atoms with E-state index in [4.69, 9.17) is 4.98 Å². The summed E-state index contributed by atoms with van der Waals surface area (Å²) in [6, 6.07) is 21.4. The van der Waals surface area contributed by atoms with Crippen molar-refractivity contribution >= 4 is 15.9 Å². The van der Waals surface area contributed by atoms with E-state index in [1.165, 1.54) is 0 Å². The summed E-state index contributed by atoms with van der Waals surface area (Å²) in [6.07, 6.45) is 1.97. The molecule has 1 amide bonds. The van der Waals surface area contributed by atoms with Crippen LogP contribution in [0.25, 0.3) is 11.3 Å². The normalized spacial score (nSPS) is 16.1. The Labute approximate surface area is 205 Å². The Hall–Kier alpha value is -3.71. The molecule has 1 unspecified atom stereocenters. The lowest BCUT2D eigenvalue weighted by atomic mass is 10.0. The number of carbonyl (C=O) groups is 1. The predicted octanol–water partition coefficient (Wildman–Crippen LogP) is 5.19. The van der Waals surface area contributed by atoms with Crippen molar-refractivity contribution < 1.29 is 13.2 Å². The largest absolute Gasteiger partial charge is 0.332 e. The second kappa shape index (κ2) is 8.82. The Morgan fingerprint density at radius 1 is 0.800 bits per heavy atom. The van der Waals surface area contributed by atoms with Gasteiger partial charge in [-0.25, -0.2) is 17.7 Å². The van der Waals surface area contributed by atoms with Crippen LogP contribution >= 0.6 is 0 Å². The highest BCUT2D eigenvalue weighted by Crippen LogP contribution is 2.37. The standard InChI is InChI=1S/C28H27N3O3S/c1-19-4-10-22(11-5-19)25-18-30-17-16-26(32)31(35(33,34)24-14-8-21(3)9-15-24)27(28(30)29-25)23-12-6-20(2)7-13-23/h4-15,18,27H,16-17H2,1-3H3. The number of aryl methyl sites for hydroxylation is 4. The second-order valence-electron chi connectivity index (χ2n) is 9.11. The monoisotopic (exact) mass is 485 g/mol. The number of hydrogen-bond acceptors (Lipinski definition) is 4. The first-order chi connectivity index (χ1) is 16.7. The number of amides is 1. The van der Waals surface area contributed by atoms with Crippen LogP contribution in [0.1, 0.15) is 40.5 Å². The average molecular weight is 486 g/mol. The molecule has 0 aliphatic carbocycles. The van der Waals surface area contributed by atoms with Gasteiger partial charge >= 0.3 is 0 Å². The molecular weight excluding hydrogens is 458 g/mol. The molecule has 178 valence electrons. The summed E-state index contributed by atoms with van der Waals surface area (Å²) in [5.41, 5.74) is 5.53. The summed E-state index contributed by atoms with van der Waals surface area (Å²) in [5, 5.41) is 0. The van der Waals surface area contributed by atoms with Crippen LogP contribution in [0.3, 0.4) is 0 Å². The molecule has 0 radical (unpaired) electrons. The van der Waals surface area contributed by atoms with Gasteiger partial charge < -0.3 is 4.57 Å². The summed E-state index contributed by atoms with van der Waals surface area (Å²) < 4.78 is 30.8. The first-order valence-corrected chi connectivity index (χ1v) is 13.0. The Bertz CT molecular complexity index is 1490. The van der Waals surface area contributed by atoms with E-state index < -0.39 is 22.0 Å². The number of sulfonamides is 1. The van der Waals surface area contributed by atoms with Crippen LogP contribution in [-0.2, 0) is 21.4 Å². The van der Waals surface area contributed by atoms with E-state index in [1.807, 2.05) is 80.1 Å². The SMILES string of the molecule is Cc1ccc(-c2cn3c(n2)C(c2ccc(C)cc2)N(S(=O)(=O)c2ccc(C)cc2)C(=O)CC3)cc1. The molecule has 0 spiro atoms. The molecule has 0 saturated carbocycles. The number of benzene rings is 3. The van der Waals surface area contributed by atoms with Crippen LogP contribution < -0.4 is 0 Å². The van der Waals surface area contributed by atoms with Crippen molar-refractivity contribution in [1.82, 2.24) is 13.9 Å². The number of fused-ring (bicyclic) bond motifs is 1. The minimum atomic E-state index is -4.13. The Kier molecular flexibility index (Phi) is 5.81. The lowest BCUT2D eigenvalue weighted by Gasteiger charge is -2.29. The second-order valence-corrected chi connectivity index (χ2v) is 10.9. The Morgan fingerprint density at radius 2 is 1.34 bits per heavy atom. The highest BCUT2D eigenvalue weighted by Gasteiger charge is 2.41. The van der Waals surface area contributed by atoms with E-state index in [0.717, 1.165) is 32.3 Å². The maximum atomic E-state index is 13.9. The van der Waals surface area contributed by atoms with Crippen molar-refractivity contribution in [3.63, 3.8) is 0 Å². The fourth-order valence-electron chi connectivity index (χ4n) is 4.40. The molecule has 0 saturated heterocycles. The van der Waals surface area contributed by atoms with Crippen LogP contribution in [0, 0.1) is 20.8 Å². The highest BCUT2D eigenvalue weighted by molar-refractivity contribution is 7.89. The van der Waals surface area contributed by atoms with Gasteiger partial charge in [0, 0.05) is 24.7 Å². The molecule has 2 heterocycles. The van der Waals surface area contributed by atoms with Crippen molar-refractivity contribution in [2.75, 3.05) is 0 Å². The van der Waals surface area contributed by atoms with E-state index >= 15 is 0 Å². The zero-order chi connectivity index (χ0) is 24.7. The number of hydrogen-bond donors (Lipinski definition) is 0. The van der Waals surface area contributed by atoms with Gasteiger partial charge in [0.25, 0.3) is 10.0 Å². The lowest BCUT2D eigenvalue weighted by molar-refractivity contribution is -0.127. The molecule has 1 aliphatic rings. The molecule has 1 aromatic heterocycles. The van der Waals surface area contributed by atoms with Crippen molar-refractivity contribution in [2.45, 2.75) is 44.7 Å². The van der Waals surface area contributed by atoms with Crippen molar-refractivity contribution in [1.29, 1.82) is 0 Å². The van der Waals surface area contributed by atoms with E-state index in [0.29, 0.717) is 17.9 Å². The molecule has 1 aliphatic heterocycles. The molecule has 3 aromatic carbocycles. The van der Waals surface area contributed by atoms with Crippen LogP contribution in [-0.4, -0.2) is 28.2 Å². The number of rotatable bonds is 4. The summed E-state index contributed by atoms with van der Waals surface area (Å²) in [5.74, 6) is 0.0875. The zero-order valence-electron chi connectivity index (χ0n) is 20.0. The van der Waals surface area contributed by atoms with Crippen molar-refractivity contribution in [3.05, 3.63) is 107 Å². The lowest BCUT2D eigenvalue weighted by Crippen LogP contribution is -2.39. The average Bonchev–Trinajstić information content (AvgIpc) is 3.20. The Morgan fingerprint density at radius 3 is 1.94 bits per heavy atom. The highest BCUT2D eigenvalue weighted by atomic mass is 32.2. The van der Waals surface area contributed by atoms with Crippen LogP contribution in [0.2, 0.25) is 0 Å². The van der Waals surface area contributed by atoms with Crippen molar-refractivity contribution in [3.8, 4) is 11.3 Å². The van der Waals surface area contributed by atoms with Gasteiger partial charge in [0.2, 0.25) is 5.91 Å². The third-order valence-electron chi connectivity index (χ3n) is 6.42. The molecule has 6 nitrogen and oxygen atoms in total. The quantitative estimate of drug-likeness (QED) is 0.399. The smallest absolute Gasteiger partial charge is 0.267 e. The predicted molar refractivity (Wildman–Crippen MR) is 135 cm³/mol. The third kappa shape index (κ3) is 4.28. The van der Waals surface area contributed by atoms with Gasteiger partial charge in [-0.05, 0) is 38.5 Å². The minimum absolute atomic E-state index is 0.0597. The molecular formula is C28H27N3O3S. The molecule has 0 fully saturated rings. The topological polar surface area (TPSA) is 72.3 Å². The zero-order valence-corrected chi connectivity index (χ0v) is 20.8. The minimum Gasteiger partial charge on any atom is -0.332 e. The number of carbonyl (C=O) groups excluding carboxylic acids is 1. The first kappa shape index (κ1) is 23.1. The van der Waals surface area contributed by atoms with Crippen molar-refractivity contribution in [2.24, 2.45) is 0 Å². The van der Waals surface area contributed by atoms with E-state index in [1.54, 1.807) is 24.3 Å². The van der Waals surface area contributed by atoms with E-state index in [9.17, 15) is 13.2 Å². The number of nitrogens with zero attached hydrogens (tertiary/aromatic N) is 3. The molecule has 5 rings (SSSR count). The van der Waals surface area contributed by atoms with Gasteiger partial charge in [-0.2, -0.15) is 0 Å². The van der Waals surface area contributed by atoms with Gasteiger partial charge in [-0.3, -0.25) is 4.79 Å². The fraction of sp³-hybridized carbons (Fsp3) is 0.214. The van der Waals surface area contributed by atoms with E-state index in [-0.39, 0.29) is 11.3 Å². The van der Waals surface area contributed by atoms with Gasteiger partial charge in [0.05, 0.1) is 10.6 Å². The first-order valence-electron chi connectivity index (χ1n) is 11.6. The molecule has 4 aromatic rings. The summed E-state index contributed by atoms with van der Waals surface area (Å²) in [7, 11) is -4.13. The van der Waals surface area contributed by atoms with Gasteiger partial charge in [0.15, 0.2) is 0 Å². The Balaban J connectivity index is 1.71. The summed E-state index contributed by atoms with van der Waals surface area (Å²) >= 11 is 0. The van der Waals surface area contributed by atoms with Gasteiger partial charge in [-0.1, -0.05) is 77.4 Å². The van der Waals surface area contributed by atoms with E-state index in [2.05, 4.69) is 0 Å². The maximum Gasteiger partial charge on any atom is 0.267 e. The third-order valence-corrected chi connectivity index (χ3v) is 8.22. The molecule has 7 heteroatoms. The molecule has 1 atom stereocenters. The van der Waals surface area contributed by atoms with Gasteiger partial charge in [0.1, 0.15) is 11.9 Å².